The van der Waals surface area contributed by atoms with Gasteiger partial charge in [0.25, 0.3) is 5.69 Å². The lowest BCUT2D eigenvalue weighted by molar-refractivity contribution is -0.698. The average molecular weight is 342 g/mol. The summed E-state index contributed by atoms with van der Waals surface area (Å²) in [6.07, 6.45) is -0.0841. The van der Waals surface area contributed by atoms with E-state index in [0.717, 1.165) is 30.8 Å². The van der Waals surface area contributed by atoms with Gasteiger partial charge in [-0.25, -0.2) is 0 Å². The second-order valence-electron chi connectivity index (χ2n) is 6.13. The smallest absolute Gasteiger partial charge is 0.269 e. The van der Waals surface area contributed by atoms with Crippen LogP contribution in [0.5, 0.6) is 0 Å². The Kier molecular flexibility index (Phi) is 5.31. The summed E-state index contributed by atoms with van der Waals surface area (Å²) in [5.74, 6) is 0. The molecule has 132 valence electrons. The van der Waals surface area contributed by atoms with E-state index in [2.05, 4.69) is 48.3 Å². The van der Waals surface area contributed by atoms with Gasteiger partial charge in [-0.2, -0.15) is 0 Å². The van der Waals surface area contributed by atoms with Crippen molar-refractivity contribution in [3.05, 3.63) is 69.8 Å². The molecule has 1 heterocycles. The van der Waals surface area contributed by atoms with E-state index in [0.29, 0.717) is 0 Å². The number of nitro benzene ring substituents is 1. The summed E-state index contributed by atoms with van der Waals surface area (Å²) in [4.78, 5) is 12.7. The van der Waals surface area contributed by atoms with Gasteiger partial charge in [-0.15, -0.1) is 0 Å². The molecule has 0 bridgehead atoms. The van der Waals surface area contributed by atoms with E-state index in [-0.39, 0.29) is 22.9 Å². The number of benzene rings is 2. The van der Waals surface area contributed by atoms with Crippen LogP contribution in [0.3, 0.4) is 0 Å². The predicted octanol–water partition coefficient (Wildman–Crippen LogP) is 2.77. The van der Waals surface area contributed by atoms with Crippen molar-refractivity contribution >= 4 is 11.4 Å². The Hall–Kier alpha value is -2.44. The van der Waals surface area contributed by atoms with Crippen molar-refractivity contribution in [1.29, 1.82) is 0 Å². The number of nitrogens with two attached hydrogens (primary N) is 1. The Balaban J connectivity index is 1.67. The molecule has 1 fully saturated rings. The quantitative estimate of drug-likeness (QED) is 0.647. The zero-order chi connectivity index (χ0) is 17.8. The normalized spacial score (nSPS) is 19.8. The SMILES string of the molecule is CCN(CC)c1ccc([C@H]2[NH2+]C[C@H](c3ccc([N+](=O)[O-])cc3)O2)cc1. The molecular formula is C19H24N3O3+. The molecule has 0 spiro atoms. The van der Waals surface area contributed by atoms with Crippen LogP contribution in [-0.4, -0.2) is 24.6 Å². The molecule has 2 N–H and O–H groups in total. The van der Waals surface area contributed by atoms with E-state index < -0.39 is 0 Å². The standard InChI is InChI=1S/C19H23N3O3/c1-3-21(4-2)16-9-7-15(8-10-16)19-20-13-18(25-19)14-5-11-17(12-6-14)22(23)24/h5-12,18-20H,3-4,13H2,1-2H3/p+1/t18-,19+/m1/s1. The topological polar surface area (TPSA) is 72.2 Å². The first-order valence-electron chi connectivity index (χ1n) is 8.70. The molecular weight excluding hydrogens is 318 g/mol. The van der Waals surface area contributed by atoms with Crippen LogP contribution in [0.2, 0.25) is 0 Å². The highest BCUT2D eigenvalue weighted by atomic mass is 16.6. The minimum Gasteiger partial charge on any atom is -0.372 e. The second-order valence-corrected chi connectivity index (χ2v) is 6.13. The van der Waals surface area contributed by atoms with Crippen molar-refractivity contribution < 1.29 is 15.0 Å². The first kappa shape index (κ1) is 17.4. The van der Waals surface area contributed by atoms with Crippen molar-refractivity contribution in [2.75, 3.05) is 24.5 Å². The lowest BCUT2D eigenvalue weighted by atomic mass is 10.1. The largest absolute Gasteiger partial charge is 0.372 e. The van der Waals surface area contributed by atoms with Crippen LogP contribution in [0.1, 0.15) is 37.3 Å². The van der Waals surface area contributed by atoms with Crippen molar-refractivity contribution in [2.45, 2.75) is 26.2 Å². The number of anilines is 1. The molecule has 25 heavy (non-hydrogen) atoms. The number of nitrogens with zero attached hydrogens (tertiary/aromatic N) is 2. The molecule has 1 aliphatic rings. The van der Waals surface area contributed by atoms with Crippen LogP contribution in [0, 0.1) is 10.1 Å². The zero-order valence-corrected chi connectivity index (χ0v) is 14.6. The molecule has 0 aromatic heterocycles. The van der Waals surface area contributed by atoms with Gasteiger partial charge in [-0.3, -0.25) is 10.1 Å². The predicted molar refractivity (Wildman–Crippen MR) is 96.5 cm³/mol. The first-order valence-corrected chi connectivity index (χ1v) is 8.70. The van der Waals surface area contributed by atoms with Gasteiger partial charge in [-0.1, -0.05) is 0 Å². The fourth-order valence-electron chi connectivity index (χ4n) is 3.24. The molecule has 2 aromatic carbocycles. The van der Waals surface area contributed by atoms with Crippen LogP contribution < -0.4 is 10.2 Å². The molecule has 0 saturated carbocycles. The summed E-state index contributed by atoms with van der Waals surface area (Å²) in [5, 5.41) is 12.9. The van der Waals surface area contributed by atoms with Gasteiger partial charge in [0.2, 0.25) is 6.23 Å². The van der Waals surface area contributed by atoms with Gasteiger partial charge < -0.3 is 15.0 Å². The van der Waals surface area contributed by atoms with Crippen LogP contribution in [0.25, 0.3) is 0 Å². The van der Waals surface area contributed by atoms with Crippen molar-refractivity contribution in [3.63, 3.8) is 0 Å². The summed E-state index contributed by atoms with van der Waals surface area (Å²) < 4.78 is 6.15. The Morgan fingerprint density at radius 3 is 2.24 bits per heavy atom. The molecule has 2 aromatic rings. The maximum atomic E-state index is 10.8. The third kappa shape index (κ3) is 3.81. The number of hydrogen-bond acceptors (Lipinski definition) is 4. The van der Waals surface area contributed by atoms with E-state index in [1.54, 1.807) is 12.1 Å². The Morgan fingerprint density at radius 1 is 1.08 bits per heavy atom. The number of non-ortho nitro benzene ring substituents is 1. The summed E-state index contributed by atoms with van der Waals surface area (Å²) in [5.41, 5.74) is 3.44. The molecule has 6 heteroatoms. The summed E-state index contributed by atoms with van der Waals surface area (Å²) in [6, 6.07) is 15.1. The van der Waals surface area contributed by atoms with Crippen LogP contribution >= 0.6 is 0 Å². The Labute approximate surface area is 147 Å². The molecule has 1 aliphatic heterocycles. The van der Waals surface area contributed by atoms with Crippen LogP contribution in [0.4, 0.5) is 11.4 Å². The molecule has 0 aliphatic carbocycles. The van der Waals surface area contributed by atoms with Crippen molar-refractivity contribution in [1.82, 2.24) is 0 Å². The molecule has 0 radical (unpaired) electrons. The van der Waals surface area contributed by atoms with E-state index in [4.69, 9.17) is 4.74 Å². The minimum atomic E-state index is -0.383. The summed E-state index contributed by atoms with van der Waals surface area (Å²) in [7, 11) is 0. The Bertz CT molecular complexity index is 712. The van der Waals surface area contributed by atoms with Gasteiger partial charge >= 0.3 is 0 Å². The fourth-order valence-corrected chi connectivity index (χ4v) is 3.24. The highest BCUT2D eigenvalue weighted by Gasteiger charge is 2.31. The molecule has 6 nitrogen and oxygen atoms in total. The molecule has 3 rings (SSSR count). The number of nitro groups is 1. The van der Waals surface area contributed by atoms with Gasteiger partial charge in [-0.05, 0) is 55.8 Å². The molecule has 2 atom stereocenters. The summed E-state index contributed by atoms with van der Waals surface area (Å²) >= 11 is 0. The van der Waals surface area contributed by atoms with Crippen molar-refractivity contribution in [2.24, 2.45) is 0 Å². The van der Waals surface area contributed by atoms with Gasteiger partial charge in [0.1, 0.15) is 12.6 Å². The third-order valence-electron chi connectivity index (χ3n) is 4.70. The van der Waals surface area contributed by atoms with E-state index in [1.807, 2.05) is 0 Å². The van der Waals surface area contributed by atoms with Crippen LogP contribution in [0.15, 0.2) is 48.5 Å². The maximum absolute atomic E-state index is 10.8. The van der Waals surface area contributed by atoms with Gasteiger partial charge in [0.15, 0.2) is 0 Å². The highest BCUT2D eigenvalue weighted by Crippen LogP contribution is 2.28. The lowest BCUT2D eigenvalue weighted by Crippen LogP contribution is -2.82. The van der Waals surface area contributed by atoms with E-state index in [9.17, 15) is 10.1 Å². The maximum Gasteiger partial charge on any atom is 0.269 e. The van der Waals surface area contributed by atoms with Gasteiger partial charge in [0.05, 0.1) is 4.92 Å². The first-order chi connectivity index (χ1) is 12.1. The fraction of sp³-hybridized carbons (Fsp3) is 0.368. The lowest BCUT2D eigenvalue weighted by Gasteiger charge is -2.21. The number of quaternary nitrogens is 1. The third-order valence-corrected chi connectivity index (χ3v) is 4.70. The minimum absolute atomic E-state index is 0.0362. The number of ether oxygens (including phenoxy) is 1. The number of hydrogen-bond donors (Lipinski definition) is 1. The zero-order valence-electron chi connectivity index (χ0n) is 14.6. The average Bonchev–Trinajstić information content (AvgIpc) is 3.13. The molecule has 0 amide bonds. The molecule has 1 saturated heterocycles. The van der Waals surface area contributed by atoms with E-state index >= 15 is 0 Å². The second kappa shape index (κ2) is 7.63. The Morgan fingerprint density at radius 2 is 1.68 bits per heavy atom. The van der Waals surface area contributed by atoms with Crippen LogP contribution in [-0.2, 0) is 4.74 Å². The summed E-state index contributed by atoms with van der Waals surface area (Å²) in [6.45, 7) is 7.09. The number of rotatable bonds is 6. The monoisotopic (exact) mass is 342 g/mol. The van der Waals surface area contributed by atoms with Crippen molar-refractivity contribution in [3.8, 4) is 0 Å². The van der Waals surface area contributed by atoms with Gasteiger partial charge in [0, 0.05) is 36.5 Å². The molecule has 0 unspecified atom stereocenters. The highest BCUT2D eigenvalue weighted by molar-refractivity contribution is 5.47. The van der Waals surface area contributed by atoms with E-state index in [1.165, 1.54) is 17.8 Å².